The molecule has 0 heterocycles. The van der Waals surface area contributed by atoms with E-state index in [2.05, 4.69) is 40.4 Å². The number of rotatable bonds is 12. The summed E-state index contributed by atoms with van der Waals surface area (Å²) in [5, 5.41) is 6.91. The maximum absolute atomic E-state index is 13.6. The first-order valence-electron chi connectivity index (χ1n) is 9.94. The van der Waals surface area contributed by atoms with Crippen LogP contribution in [-0.4, -0.2) is 31.4 Å². The molecule has 0 aliphatic carbocycles. The number of alkyl halides is 1. The Balaban J connectivity index is 4.99. The summed E-state index contributed by atoms with van der Waals surface area (Å²) in [5.74, 6) is 0.423. The summed E-state index contributed by atoms with van der Waals surface area (Å²) in [6, 6.07) is 0. The lowest BCUT2D eigenvalue weighted by molar-refractivity contribution is 0.287. The quantitative estimate of drug-likeness (QED) is 0.182. The van der Waals surface area contributed by atoms with E-state index < -0.39 is 5.67 Å². The van der Waals surface area contributed by atoms with Crippen LogP contribution in [0.4, 0.5) is 4.39 Å². The van der Waals surface area contributed by atoms with Crippen molar-refractivity contribution in [3.05, 3.63) is 82.8 Å². The van der Waals surface area contributed by atoms with Gasteiger partial charge < -0.3 is 16.4 Å². The monoisotopic (exact) mass is 481 g/mol. The highest BCUT2D eigenvalue weighted by Crippen LogP contribution is 2.19. The third-order valence-electron chi connectivity index (χ3n) is 3.98. The van der Waals surface area contributed by atoms with Gasteiger partial charge in [0.1, 0.15) is 5.67 Å². The van der Waals surface area contributed by atoms with Crippen LogP contribution in [0.5, 0.6) is 0 Å². The largest absolute Gasteiger partial charge is 0.403 e. The molecule has 0 spiro atoms. The minimum atomic E-state index is -1.43. The molecule has 0 amide bonds. The van der Waals surface area contributed by atoms with Gasteiger partial charge in [-0.05, 0) is 74.8 Å². The maximum atomic E-state index is 13.6. The summed E-state index contributed by atoms with van der Waals surface area (Å²) >= 11 is 12.2. The van der Waals surface area contributed by atoms with Gasteiger partial charge in [-0.25, -0.2) is 9.38 Å². The summed E-state index contributed by atoms with van der Waals surface area (Å²) in [7, 11) is 1.63. The molecule has 0 bridgehead atoms. The third kappa shape index (κ3) is 13.7. The van der Waals surface area contributed by atoms with Crippen LogP contribution < -0.4 is 16.4 Å². The molecule has 0 aliphatic heterocycles. The molecule has 32 heavy (non-hydrogen) atoms. The Labute approximate surface area is 201 Å². The topological polar surface area (TPSA) is 74.8 Å². The fraction of sp³-hybridized carbons (Fsp3) is 0.333. The minimum absolute atomic E-state index is 0.405. The minimum Gasteiger partial charge on any atom is -0.403 e. The zero-order chi connectivity index (χ0) is 24.7. The Bertz CT molecular complexity index is 856. The molecule has 0 radical (unpaired) electrons. The molecule has 0 aromatic heterocycles. The summed E-state index contributed by atoms with van der Waals surface area (Å²) in [5.41, 5.74) is 7.18. The van der Waals surface area contributed by atoms with Crippen molar-refractivity contribution in [2.24, 2.45) is 15.7 Å². The summed E-state index contributed by atoms with van der Waals surface area (Å²) in [6.45, 7) is 16.8. The third-order valence-corrected chi connectivity index (χ3v) is 4.66. The predicted octanol–water partition coefficient (Wildman–Crippen LogP) is 6.00. The fourth-order valence-corrected chi connectivity index (χ4v) is 2.41. The molecule has 0 fully saturated rings. The van der Waals surface area contributed by atoms with Crippen molar-refractivity contribution in [1.82, 2.24) is 10.6 Å². The molecule has 0 aromatic rings. The molecule has 8 heteroatoms. The van der Waals surface area contributed by atoms with Crippen LogP contribution in [0.2, 0.25) is 0 Å². The molecule has 0 saturated carbocycles. The zero-order valence-electron chi connectivity index (χ0n) is 19.3. The lowest BCUT2D eigenvalue weighted by Crippen LogP contribution is -2.24. The number of hydrogen-bond acceptors (Lipinski definition) is 3. The molecular formula is C24H34Cl2FN5. The van der Waals surface area contributed by atoms with Crippen LogP contribution in [0, 0.1) is 0 Å². The second-order valence-electron chi connectivity index (χ2n) is 7.39. The van der Waals surface area contributed by atoms with Crippen molar-refractivity contribution in [1.29, 1.82) is 0 Å². The first-order valence-corrected chi connectivity index (χ1v) is 10.7. The van der Waals surface area contributed by atoms with Gasteiger partial charge in [0.25, 0.3) is 0 Å². The van der Waals surface area contributed by atoms with Gasteiger partial charge in [-0.3, -0.25) is 4.99 Å². The van der Waals surface area contributed by atoms with Gasteiger partial charge in [-0.2, -0.15) is 0 Å². The smallest absolute Gasteiger partial charge is 0.217 e. The number of nitrogens with one attached hydrogen (secondary N) is 2. The summed E-state index contributed by atoms with van der Waals surface area (Å²) < 4.78 is 13.6. The number of aliphatic imine (C=N–C) groups is 2. The number of halogens is 3. The predicted molar refractivity (Wildman–Crippen MR) is 140 cm³/mol. The van der Waals surface area contributed by atoms with Crippen LogP contribution >= 0.6 is 23.2 Å². The Morgan fingerprint density at radius 3 is 2.41 bits per heavy atom. The fourth-order valence-electron chi connectivity index (χ4n) is 2.14. The van der Waals surface area contributed by atoms with Gasteiger partial charge in [0.2, 0.25) is 5.96 Å². The molecule has 0 unspecified atom stereocenters. The second-order valence-corrected chi connectivity index (χ2v) is 8.24. The molecular weight excluding hydrogens is 448 g/mol. The molecule has 5 nitrogen and oxygen atoms in total. The zero-order valence-corrected chi connectivity index (χ0v) is 20.8. The van der Waals surface area contributed by atoms with E-state index >= 15 is 0 Å². The van der Waals surface area contributed by atoms with Gasteiger partial charge >= 0.3 is 0 Å². The van der Waals surface area contributed by atoms with E-state index in [0.29, 0.717) is 41.1 Å². The Morgan fingerprint density at radius 2 is 1.88 bits per heavy atom. The van der Waals surface area contributed by atoms with Crippen LogP contribution in [-0.2, 0) is 0 Å². The molecule has 0 aromatic carbocycles. The van der Waals surface area contributed by atoms with Gasteiger partial charge in [0.05, 0.1) is 5.03 Å². The number of guanidine groups is 1. The Kier molecular flexibility index (Phi) is 14.0. The molecule has 0 aliphatic rings. The first-order chi connectivity index (χ1) is 14.9. The van der Waals surface area contributed by atoms with E-state index in [1.54, 1.807) is 31.6 Å². The lowest BCUT2D eigenvalue weighted by atomic mass is 10.0. The lowest BCUT2D eigenvalue weighted by Gasteiger charge is -2.11. The first kappa shape index (κ1) is 29.4. The van der Waals surface area contributed by atoms with E-state index in [4.69, 9.17) is 28.9 Å². The van der Waals surface area contributed by atoms with E-state index in [-0.39, 0.29) is 0 Å². The van der Waals surface area contributed by atoms with Crippen molar-refractivity contribution < 1.29 is 4.39 Å². The highest BCUT2D eigenvalue weighted by Gasteiger charge is 2.10. The van der Waals surface area contributed by atoms with Gasteiger partial charge in [-0.1, -0.05) is 42.9 Å². The van der Waals surface area contributed by atoms with Crippen LogP contribution in [0.15, 0.2) is 92.8 Å². The second kappa shape index (κ2) is 15.3. The van der Waals surface area contributed by atoms with Crippen molar-refractivity contribution in [3.8, 4) is 0 Å². The van der Waals surface area contributed by atoms with Gasteiger partial charge in [-0.15, -0.1) is 0 Å². The highest BCUT2D eigenvalue weighted by molar-refractivity contribution is 6.31. The van der Waals surface area contributed by atoms with Crippen molar-refractivity contribution in [2.75, 3.05) is 13.6 Å². The summed E-state index contributed by atoms with van der Waals surface area (Å²) in [4.78, 5) is 8.45. The molecule has 176 valence electrons. The van der Waals surface area contributed by atoms with Crippen molar-refractivity contribution >= 4 is 35.4 Å². The maximum Gasteiger partial charge on any atom is 0.217 e. The van der Waals surface area contributed by atoms with Gasteiger partial charge in [0, 0.05) is 36.7 Å². The van der Waals surface area contributed by atoms with Crippen LogP contribution in [0.25, 0.3) is 0 Å². The average Bonchev–Trinajstić information content (AvgIpc) is 2.73. The number of nitrogens with two attached hydrogens (primary N) is 1. The molecule has 0 rings (SSSR count). The highest BCUT2D eigenvalue weighted by atomic mass is 35.5. The van der Waals surface area contributed by atoms with E-state index in [0.717, 1.165) is 16.7 Å². The normalized spacial score (nSPS) is 14.5. The van der Waals surface area contributed by atoms with Crippen molar-refractivity contribution in [3.63, 3.8) is 0 Å². The molecule has 0 saturated heterocycles. The number of allylic oxidation sites excluding steroid dienone is 7. The standard InChI is InChI=1S/C24H34Cl2FN5/c1-8-30-19(4)20(13-21(25)14-28)10-9-17(2)15-31-23(29-7)32-16-18(3)22(26)11-12-24(5,6)27/h8,11-15,30H,1-2,4,9-10,16,28H2,3,5-7H3,(H,29,32)/b12-11-,20-13-,21-14+,22-18-,31-15-. The van der Waals surface area contributed by atoms with E-state index in [1.165, 1.54) is 26.1 Å². The number of nitrogens with zero attached hydrogens (tertiary/aromatic N) is 2. The SMILES string of the molecule is C=CNC(=C)/C(=C\C(Cl)=C/N)CCC(=C)/C=N\C(=N/C)NC/C(C)=C(Cl)/C=C\C(C)(C)F. The summed E-state index contributed by atoms with van der Waals surface area (Å²) in [6.07, 6.45) is 10.4. The van der Waals surface area contributed by atoms with Crippen LogP contribution in [0.3, 0.4) is 0 Å². The van der Waals surface area contributed by atoms with Crippen molar-refractivity contribution in [2.45, 2.75) is 39.3 Å². The average molecular weight is 482 g/mol. The number of hydrogen-bond donors (Lipinski definition) is 3. The molecule has 0 atom stereocenters. The Hall–Kier alpha value is -2.57. The Morgan fingerprint density at radius 1 is 1.22 bits per heavy atom. The van der Waals surface area contributed by atoms with Crippen LogP contribution in [0.1, 0.15) is 33.6 Å². The molecule has 4 N–H and O–H groups in total. The van der Waals surface area contributed by atoms with E-state index in [9.17, 15) is 4.39 Å². The van der Waals surface area contributed by atoms with Gasteiger partial charge in [0.15, 0.2) is 0 Å². The van der Waals surface area contributed by atoms with E-state index in [1.807, 2.05) is 6.92 Å².